The maximum Gasteiger partial charge on any atom is 0.0941 e. The molecule has 0 spiro atoms. The second-order valence-corrected chi connectivity index (χ2v) is 4.04. The van der Waals surface area contributed by atoms with Gasteiger partial charge in [0.25, 0.3) is 0 Å². The van der Waals surface area contributed by atoms with E-state index in [0.29, 0.717) is 6.61 Å². The average Bonchev–Trinajstić information content (AvgIpc) is 2.66. The summed E-state index contributed by atoms with van der Waals surface area (Å²) in [6.45, 7) is 4.70. The van der Waals surface area contributed by atoms with Gasteiger partial charge in [0.15, 0.2) is 0 Å². The van der Waals surface area contributed by atoms with Crippen LogP contribution in [0.2, 0.25) is 0 Å². The summed E-state index contributed by atoms with van der Waals surface area (Å²) in [5.74, 6) is 5.47. The van der Waals surface area contributed by atoms with E-state index in [0.717, 1.165) is 11.4 Å². The number of thiazole rings is 1. The lowest BCUT2D eigenvalue weighted by Crippen LogP contribution is -2.45. The van der Waals surface area contributed by atoms with Crippen molar-refractivity contribution < 1.29 is 4.74 Å². The highest BCUT2D eigenvalue weighted by atomic mass is 32.1. The van der Waals surface area contributed by atoms with Crippen LogP contribution in [0.3, 0.4) is 0 Å². The topological polar surface area (TPSA) is 60.2 Å². The van der Waals surface area contributed by atoms with Gasteiger partial charge in [0.2, 0.25) is 0 Å². The minimum atomic E-state index is 0.105. The Labute approximate surface area is 88.5 Å². The van der Waals surface area contributed by atoms with E-state index in [9.17, 15) is 0 Å². The molecule has 0 fully saturated rings. The third kappa shape index (κ3) is 3.34. The molecule has 14 heavy (non-hydrogen) atoms. The lowest BCUT2D eigenvalue weighted by Gasteiger charge is -2.21. The van der Waals surface area contributed by atoms with E-state index in [1.165, 1.54) is 0 Å². The van der Waals surface area contributed by atoms with Crippen LogP contribution < -0.4 is 11.3 Å². The van der Waals surface area contributed by atoms with E-state index in [1.807, 2.05) is 19.2 Å². The minimum absolute atomic E-state index is 0.105. The molecule has 1 rings (SSSR count). The van der Waals surface area contributed by atoms with Crippen LogP contribution >= 0.6 is 11.3 Å². The van der Waals surface area contributed by atoms with Gasteiger partial charge < -0.3 is 4.74 Å². The van der Waals surface area contributed by atoms with Gasteiger partial charge >= 0.3 is 0 Å². The van der Waals surface area contributed by atoms with Gasteiger partial charge in [-0.2, -0.15) is 0 Å². The largest absolute Gasteiger partial charge is 0.377 e. The molecule has 0 radical (unpaired) electrons. The molecular weight excluding hydrogens is 198 g/mol. The molecule has 80 valence electrons. The number of hydrazine groups is 1. The summed E-state index contributed by atoms with van der Waals surface area (Å²) < 4.78 is 5.48. The number of nitrogens with two attached hydrogens (primary N) is 1. The normalized spacial score (nSPS) is 15.4. The molecule has 2 atom stereocenters. The van der Waals surface area contributed by atoms with E-state index < -0.39 is 0 Å². The van der Waals surface area contributed by atoms with Gasteiger partial charge in [0.05, 0.1) is 17.2 Å². The van der Waals surface area contributed by atoms with Crippen molar-refractivity contribution in [3.8, 4) is 0 Å². The van der Waals surface area contributed by atoms with Crippen LogP contribution in [-0.2, 0) is 11.2 Å². The Morgan fingerprint density at radius 2 is 2.50 bits per heavy atom. The first-order valence-electron chi connectivity index (χ1n) is 4.74. The van der Waals surface area contributed by atoms with Crippen molar-refractivity contribution in [3.05, 3.63) is 16.6 Å². The second kappa shape index (κ2) is 6.08. The van der Waals surface area contributed by atoms with Crippen LogP contribution in [-0.4, -0.2) is 23.7 Å². The number of ether oxygens (including phenoxy) is 1. The summed E-state index contributed by atoms with van der Waals surface area (Å²) in [6.07, 6.45) is 2.72. The van der Waals surface area contributed by atoms with Crippen molar-refractivity contribution in [2.24, 2.45) is 5.84 Å². The first-order valence-corrected chi connectivity index (χ1v) is 5.62. The van der Waals surface area contributed by atoms with Crippen molar-refractivity contribution >= 4 is 11.3 Å². The molecule has 0 saturated heterocycles. The fourth-order valence-electron chi connectivity index (χ4n) is 1.28. The number of rotatable bonds is 6. The van der Waals surface area contributed by atoms with E-state index in [4.69, 9.17) is 10.6 Å². The lowest BCUT2D eigenvalue weighted by molar-refractivity contribution is 0.0476. The van der Waals surface area contributed by atoms with Crippen LogP contribution in [0.25, 0.3) is 0 Å². The van der Waals surface area contributed by atoms with E-state index in [-0.39, 0.29) is 12.1 Å². The van der Waals surface area contributed by atoms with Crippen molar-refractivity contribution in [1.29, 1.82) is 0 Å². The van der Waals surface area contributed by atoms with E-state index >= 15 is 0 Å². The molecule has 2 unspecified atom stereocenters. The number of aromatic nitrogens is 1. The predicted molar refractivity (Wildman–Crippen MR) is 58.0 cm³/mol. The number of hydrogen-bond acceptors (Lipinski definition) is 5. The minimum Gasteiger partial charge on any atom is -0.377 e. The summed E-state index contributed by atoms with van der Waals surface area (Å²) in [5, 5.41) is 3.05. The molecule has 5 heteroatoms. The standard InChI is InChI=1S/C9H17N3OS/c1-3-13-7(2)8(12-10)6-9-11-4-5-14-9/h4-5,7-8,12H,3,6,10H2,1-2H3. The first-order chi connectivity index (χ1) is 6.77. The Bertz CT molecular complexity index is 240. The molecule has 4 nitrogen and oxygen atoms in total. The zero-order valence-corrected chi connectivity index (χ0v) is 9.38. The predicted octanol–water partition coefficient (Wildman–Crippen LogP) is 0.942. The van der Waals surface area contributed by atoms with Crippen molar-refractivity contribution in [2.45, 2.75) is 32.4 Å². The fraction of sp³-hybridized carbons (Fsp3) is 0.667. The molecule has 1 aromatic rings. The zero-order chi connectivity index (χ0) is 10.4. The molecule has 0 saturated carbocycles. The molecule has 0 aliphatic heterocycles. The van der Waals surface area contributed by atoms with E-state index in [1.54, 1.807) is 17.5 Å². The van der Waals surface area contributed by atoms with Crippen LogP contribution in [0, 0.1) is 0 Å². The maximum atomic E-state index is 5.48. The summed E-state index contributed by atoms with van der Waals surface area (Å²) >= 11 is 1.64. The van der Waals surface area contributed by atoms with Crippen molar-refractivity contribution in [1.82, 2.24) is 10.4 Å². The average molecular weight is 215 g/mol. The molecule has 0 aliphatic carbocycles. The molecule has 0 bridgehead atoms. The molecule has 3 N–H and O–H groups in total. The van der Waals surface area contributed by atoms with Gasteiger partial charge in [-0.25, -0.2) is 4.98 Å². The fourth-order valence-corrected chi connectivity index (χ4v) is 1.96. The van der Waals surface area contributed by atoms with Crippen LogP contribution in [0.1, 0.15) is 18.9 Å². The molecule has 0 aliphatic rings. The summed E-state index contributed by atoms with van der Waals surface area (Å²) in [7, 11) is 0. The van der Waals surface area contributed by atoms with E-state index in [2.05, 4.69) is 10.4 Å². The highest BCUT2D eigenvalue weighted by Gasteiger charge is 2.17. The first kappa shape index (κ1) is 11.6. The quantitative estimate of drug-likeness (QED) is 0.548. The van der Waals surface area contributed by atoms with Gasteiger partial charge in [0, 0.05) is 24.6 Å². The summed E-state index contributed by atoms with van der Waals surface area (Å²) in [4.78, 5) is 4.21. The summed E-state index contributed by atoms with van der Waals surface area (Å²) in [5.41, 5.74) is 2.77. The third-order valence-electron chi connectivity index (χ3n) is 2.09. The maximum absolute atomic E-state index is 5.48. The Morgan fingerprint density at radius 3 is 3.00 bits per heavy atom. The van der Waals surface area contributed by atoms with Gasteiger partial charge in [-0.15, -0.1) is 11.3 Å². The highest BCUT2D eigenvalue weighted by molar-refractivity contribution is 7.09. The molecule has 1 heterocycles. The molecule has 0 amide bonds. The van der Waals surface area contributed by atoms with Crippen LogP contribution in [0.4, 0.5) is 0 Å². The molecule has 0 aromatic carbocycles. The Kier molecular flexibility index (Phi) is 5.03. The van der Waals surface area contributed by atoms with Crippen LogP contribution in [0.5, 0.6) is 0 Å². The zero-order valence-electron chi connectivity index (χ0n) is 8.56. The molecule has 1 aromatic heterocycles. The number of nitrogens with one attached hydrogen (secondary N) is 1. The smallest absolute Gasteiger partial charge is 0.0941 e. The second-order valence-electron chi connectivity index (χ2n) is 3.06. The SMILES string of the molecule is CCOC(C)C(Cc1nccs1)NN. The highest BCUT2D eigenvalue weighted by Crippen LogP contribution is 2.10. The van der Waals surface area contributed by atoms with Crippen molar-refractivity contribution in [2.75, 3.05) is 6.61 Å². The number of hydrogen-bond donors (Lipinski definition) is 2. The Morgan fingerprint density at radius 1 is 1.71 bits per heavy atom. The molecular formula is C9H17N3OS. The van der Waals surface area contributed by atoms with Gasteiger partial charge in [-0.1, -0.05) is 0 Å². The summed E-state index contributed by atoms with van der Waals surface area (Å²) in [6, 6.07) is 0.126. The van der Waals surface area contributed by atoms with Crippen LogP contribution in [0.15, 0.2) is 11.6 Å². The number of nitrogens with zero attached hydrogens (tertiary/aromatic N) is 1. The van der Waals surface area contributed by atoms with Crippen molar-refractivity contribution in [3.63, 3.8) is 0 Å². The Hall–Kier alpha value is -0.490. The monoisotopic (exact) mass is 215 g/mol. The van der Waals surface area contributed by atoms with Gasteiger partial charge in [-0.3, -0.25) is 11.3 Å². The van der Waals surface area contributed by atoms with Gasteiger partial charge in [-0.05, 0) is 13.8 Å². The lowest BCUT2D eigenvalue weighted by atomic mass is 10.1. The Balaban J connectivity index is 2.46. The van der Waals surface area contributed by atoms with Gasteiger partial charge in [0.1, 0.15) is 0 Å². The third-order valence-corrected chi connectivity index (χ3v) is 2.89.